The number of amides is 1. The summed E-state index contributed by atoms with van der Waals surface area (Å²) in [5.74, 6) is 1.51. The number of nitrogens with zero attached hydrogens (tertiary/aromatic N) is 1. The van der Waals surface area contributed by atoms with Crippen LogP contribution in [0.4, 0.5) is 0 Å². The average molecular weight is 404 g/mol. The molecule has 0 radical (unpaired) electrons. The summed E-state index contributed by atoms with van der Waals surface area (Å²) < 4.78 is 16.4. The predicted octanol–water partition coefficient (Wildman–Crippen LogP) is 4.36. The van der Waals surface area contributed by atoms with Crippen LogP contribution < -0.4 is 19.6 Å². The fourth-order valence-corrected chi connectivity index (χ4v) is 2.79. The van der Waals surface area contributed by atoms with Gasteiger partial charge in [-0.2, -0.15) is 5.10 Å². The molecule has 1 N–H and O–H groups in total. The molecule has 0 aliphatic rings. The number of hydrazone groups is 1. The molecule has 0 saturated heterocycles. The van der Waals surface area contributed by atoms with Crippen LogP contribution in [-0.4, -0.2) is 26.3 Å². The van der Waals surface area contributed by atoms with Gasteiger partial charge in [0.1, 0.15) is 12.4 Å². The number of benzene rings is 3. The number of nitrogens with one attached hydrogen (secondary N) is 1. The van der Waals surface area contributed by atoms with Crippen molar-refractivity contribution in [1.29, 1.82) is 0 Å². The highest BCUT2D eigenvalue weighted by Crippen LogP contribution is 2.29. The first-order valence-electron chi connectivity index (χ1n) is 9.43. The molecule has 0 bridgehead atoms. The molecule has 6 heteroatoms. The van der Waals surface area contributed by atoms with Crippen molar-refractivity contribution in [1.82, 2.24) is 5.43 Å². The van der Waals surface area contributed by atoms with Gasteiger partial charge in [0.05, 0.1) is 20.4 Å². The first-order chi connectivity index (χ1) is 14.6. The Morgan fingerprint density at radius 3 is 2.37 bits per heavy atom. The van der Waals surface area contributed by atoms with Crippen molar-refractivity contribution in [3.8, 4) is 17.2 Å². The van der Waals surface area contributed by atoms with Crippen molar-refractivity contribution in [2.75, 3.05) is 14.2 Å². The van der Waals surface area contributed by atoms with Gasteiger partial charge in [-0.05, 0) is 48.9 Å². The summed E-state index contributed by atoms with van der Waals surface area (Å²) in [5.41, 5.74) is 5.98. The monoisotopic (exact) mass is 404 g/mol. The average Bonchev–Trinajstić information content (AvgIpc) is 2.78. The lowest BCUT2D eigenvalue weighted by molar-refractivity contribution is 0.0955. The Morgan fingerprint density at radius 2 is 1.70 bits per heavy atom. The lowest BCUT2D eigenvalue weighted by Gasteiger charge is -2.09. The molecule has 0 atom stereocenters. The molecule has 0 heterocycles. The third-order valence-corrected chi connectivity index (χ3v) is 4.45. The summed E-state index contributed by atoms with van der Waals surface area (Å²) in [7, 11) is 3.12. The minimum Gasteiger partial charge on any atom is -0.493 e. The number of aryl methyl sites for hydroxylation is 1. The third kappa shape index (κ3) is 5.38. The van der Waals surface area contributed by atoms with Crippen LogP contribution in [0.2, 0.25) is 0 Å². The Labute approximate surface area is 176 Å². The largest absolute Gasteiger partial charge is 0.493 e. The third-order valence-electron chi connectivity index (χ3n) is 4.45. The lowest BCUT2D eigenvalue weighted by Crippen LogP contribution is -2.17. The molecular weight excluding hydrogens is 380 g/mol. The highest BCUT2D eigenvalue weighted by Gasteiger charge is 2.08. The summed E-state index contributed by atoms with van der Waals surface area (Å²) in [6.45, 7) is 2.52. The van der Waals surface area contributed by atoms with Gasteiger partial charge in [-0.3, -0.25) is 4.79 Å². The number of carbonyl (C=O) groups excluding carboxylic acids is 1. The molecule has 0 fully saturated rings. The van der Waals surface area contributed by atoms with E-state index in [0.29, 0.717) is 35.0 Å². The summed E-state index contributed by atoms with van der Waals surface area (Å²) in [6, 6.07) is 20.5. The number of hydrogen-bond acceptors (Lipinski definition) is 5. The first kappa shape index (κ1) is 20.9. The van der Waals surface area contributed by atoms with E-state index in [4.69, 9.17) is 14.2 Å². The highest BCUT2D eigenvalue weighted by atomic mass is 16.5. The lowest BCUT2D eigenvalue weighted by atomic mass is 10.2. The second-order valence-corrected chi connectivity index (χ2v) is 6.58. The SMILES string of the molecule is COc1cccc(/C=N/NC(=O)c2ccc(OCc3ccc(C)cc3)cc2)c1OC. The second-order valence-electron chi connectivity index (χ2n) is 6.58. The van der Waals surface area contributed by atoms with Crippen molar-refractivity contribution in [3.63, 3.8) is 0 Å². The molecule has 30 heavy (non-hydrogen) atoms. The first-order valence-corrected chi connectivity index (χ1v) is 9.43. The molecule has 0 aliphatic heterocycles. The summed E-state index contributed by atoms with van der Waals surface area (Å²) in [6.07, 6.45) is 1.51. The van der Waals surface area contributed by atoms with Gasteiger partial charge in [0.2, 0.25) is 0 Å². The fourth-order valence-electron chi connectivity index (χ4n) is 2.79. The van der Waals surface area contributed by atoms with Gasteiger partial charge in [0.25, 0.3) is 5.91 Å². The van der Waals surface area contributed by atoms with Crippen LogP contribution in [0, 0.1) is 6.92 Å². The van der Waals surface area contributed by atoms with Gasteiger partial charge in [0.15, 0.2) is 11.5 Å². The van der Waals surface area contributed by atoms with E-state index >= 15 is 0 Å². The standard InChI is InChI=1S/C24H24N2O4/c1-17-7-9-18(10-8-17)16-30-21-13-11-19(12-14-21)24(27)26-25-15-20-5-4-6-22(28-2)23(20)29-3/h4-15H,16H2,1-3H3,(H,26,27)/b25-15+. The number of carbonyl (C=O) groups is 1. The van der Waals surface area contributed by atoms with E-state index in [1.807, 2.05) is 43.3 Å². The predicted molar refractivity (Wildman–Crippen MR) is 117 cm³/mol. The van der Waals surface area contributed by atoms with Gasteiger partial charge >= 0.3 is 0 Å². The highest BCUT2D eigenvalue weighted by molar-refractivity contribution is 5.95. The maximum Gasteiger partial charge on any atom is 0.271 e. The van der Waals surface area contributed by atoms with Gasteiger partial charge in [-0.25, -0.2) is 5.43 Å². The van der Waals surface area contributed by atoms with Crippen LogP contribution in [0.3, 0.4) is 0 Å². The zero-order chi connectivity index (χ0) is 21.3. The van der Waals surface area contributed by atoms with E-state index in [9.17, 15) is 4.79 Å². The second kappa shape index (κ2) is 10.1. The van der Waals surface area contributed by atoms with E-state index in [-0.39, 0.29) is 5.91 Å². The Hall–Kier alpha value is -3.80. The minimum atomic E-state index is -0.321. The Balaban J connectivity index is 1.57. The Morgan fingerprint density at radius 1 is 0.967 bits per heavy atom. The molecule has 0 spiro atoms. The Bertz CT molecular complexity index is 1010. The Kier molecular flexibility index (Phi) is 7.05. The van der Waals surface area contributed by atoms with Gasteiger partial charge in [-0.1, -0.05) is 35.9 Å². The van der Waals surface area contributed by atoms with E-state index in [1.54, 1.807) is 44.6 Å². The zero-order valence-corrected chi connectivity index (χ0v) is 17.2. The van der Waals surface area contributed by atoms with E-state index in [2.05, 4.69) is 10.5 Å². The van der Waals surface area contributed by atoms with Crippen LogP contribution >= 0.6 is 0 Å². The van der Waals surface area contributed by atoms with Crippen LogP contribution in [-0.2, 0) is 6.61 Å². The van der Waals surface area contributed by atoms with Gasteiger partial charge in [0, 0.05) is 11.1 Å². The molecule has 1 amide bonds. The van der Waals surface area contributed by atoms with Crippen LogP contribution in [0.15, 0.2) is 71.8 Å². The van der Waals surface area contributed by atoms with Crippen molar-refractivity contribution in [2.24, 2.45) is 5.10 Å². The maximum atomic E-state index is 12.3. The molecule has 0 saturated carbocycles. The molecule has 3 rings (SSSR count). The quantitative estimate of drug-likeness (QED) is 0.448. The molecule has 3 aromatic rings. The molecule has 0 unspecified atom stereocenters. The topological polar surface area (TPSA) is 69.2 Å². The number of hydrogen-bond donors (Lipinski definition) is 1. The van der Waals surface area contributed by atoms with Gasteiger partial charge < -0.3 is 14.2 Å². The van der Waals surface area contributed by atoms with Crippen molar-refractivity contribution in [3.05, 3.63) is 89.0 Å². The summed E-state index contributed by atoms with van der Waals surface area (Å²) >= 11 is 0. The summed E-state index contributed by atoms with van der Waals surface area (Å²) in [5, 5.41) is 4.02. The normalized spacial score (nSPS) is 10.6. The number of para-hydroxylation sites is 1. The number of ether oxygens (including phenoxy) is 3. The number of methoxy groups -OCH3 is 2. The molecule has 3 aromatic carbocycles. The molecule has 6 nitrogen and oxygen atoms in total. The van der Waals surface area contributed by atoms with Gasteiger partial charge in [-0.15, -0.1) is 0 Å². The molecule has 0 aliphatic carbocycles. The van der Waals surface area contributed by atoms with Crippen LogP contribution in [0.25, 0.3) is 0 Å². The molecule has 0 aromatic heterocycles. The fraction of sp³-hybridized carbons (Fsp3) is 0.167. The summed E-state index contributed by atoms with van der Waals surface area (Å²) in [4.78, 5) is 12.3. The number of rotatable bonds is 8. The van der Waals surface area contributed by atoms with E-state index < -0.39 is 0 Å². The van der Waals surface area contributed by atoms with E-state index in [0.717, 1.165) is 5.56 Å². The minimum absolute atomic E-state index is 0.321. The van der Waals surface area contributed by atoms with Crippen LogP contribution in [0.5, 0.6) is 17.2 Å². The van der Waals surface area contributed by atoms with Crippen molar-refractivity contribution in [2.45, 2.75) is 13.5 Å². The zero-order valence-electron chi connectivity index (χ0n) is 17.2. The van der Waals surface area contributed by atoms with E-state index in [1.165, 1.54) is 11.8 Å². The van der Waals surface area contributed by atoms with Crippen molar-refractivity contribution >= 4 is 12.1 Å². The van der Waals surface area contributed by atoms with Crippen LogP contribution in [0.1, 0.15) is 27.0 Å². The molecular formula is C24H24N2O4. The smallest absolute Gasteiger partial charge is 0.271 e. The maximum absolute atomic E-state index is 12.3. The molecule has 154 valence electrons. The van der Waals surface area contributed by atoms with Crippen molar-refractivity contribution < 1.29 is 19.0 Å².